The van der Waals surface area contributed by atoms with Crippen LogP contribution in [0, 0.1) is 0 Å². The van der Waals surface area contributed by atoms with E-state index in [0.29, 0.717) is 5.56 Å². The number of nitrogens with one attached hydrogen (secondary N) is 1. The van der Waals surface area contributed by atoms with Crippen LogP contribution in [0.5, 0.6) is 0 Å². The summed E-state index contributed by atoms with van der Waals surface area (Å²) in [6.07, 6.45) is 0. The van der Waals surface area contributed by atoms with E-state index in [1.165, 1.54) is 0 Å². The van der Waals surface area contributed by atoms with Gasteiger partial charge in [0.25, 0.3) is 5.91 Å². The average Bonchev–Trinajstić information content (AvgIpc) is 3.05. The van der Waals surface area contributed by atoms with Gasteiger partial charge in [-0.1, -0.05) is 103 Å². The number of hydrogen-bond donors (Lipinski definition) is 1. The molecule has 0 aliphatic rings. The Morgan fingerprint density at radius 1 is 0.571 bits per heavy atom. The molecule has 0 saturated carbocycles. The molecule has 42 heavy (non-hydrogen) atoms. The molecule has 0 spiro atoms. The highest BCUT2D eigenvalue weighted by atomic mass is 35.5. The van der Waals surface area contributed by atoms with Gasteiger partial charge >= 0.3 is 5.97 Å². The lowest BCUT2D eigenvalue weighted by molar-refractivity contribution is -0.138. The highest BCUT2D eigenvalue weighted by Crippen LogP contribution is 2.67. The van der Waals surface area contributed by atoms with Crippen LogP contribution in [0.4, 0.5) is 0 Å². The van der Waals surface area contributed by atoms with Crippen molar-refractivity contribution in [1.82, 2.24) is 5.32 Å². The largest absolute Gasteiger partial charge is 1.00 e. The molecule has 210 valence electrons. The van der Waals surface area contributed by atoms with Crippen LogP contribution in [0.25, 0.3) is 5.31 Å². The first-order chi connectivity index (χ1) is 20.2. The van der Waals surface area contributed by atoms with Gasteiger partial charge in [-0.15, -0.1) is 0 Å². The van der Waals surface area contributed by atoms with Crippen molar-refractivity contribution < 1.29 is 26.7 Å². The number of ether oxygens (including phenoxy) is 1. The van der Waals surface area contributed by atoms with Crippen LogP contribution in [0.2, 0.25) is 0 Å². The molecular weight excluding hydrogens is 561 g/mol. The second-order valence-electron chi connectivity index (χ2n) is 9.31. The van der Waals surface area contributed by atoms with Gasteiger partial charge in [-0.3, -0.25) is 4.79 Å². The van der Waals surface area contributed by atoms with E-state index in [1.54, 1.807) is 31.2 Å². The first-order valence-corrected chi connectivity index (χ1v) is 15.3. The van der Waals surface area contributed by atoms with Crippen molar-refractivity contribution in [3.05, 3.63) is 168 Å². The van der Waals surface area contributed by atoms with Gasteiger partial charge in [0.05, 0.1) is 6.61 Å². The summed E-state index contributed by atoms with van der Waals surface area (Å²) >= 11 is 0. The summed E-state index contributed by atoms with van der Waals surface area (Å²) in [4.78, 5) is 27.7. The van der Waals surface area contributed by atoms with Gasteiger partial charge < -0.3 is 22.5 Å². The molecule has 1 N–H and O–H groups in total. The zero-order chi connectivity index (χ0) is 28.5. The Balaban J connectivity index is 0.00000405. The highest BCUT2D eigenvalue weighted by Gasteiger charge is 2.53. The van der Waals surface area contributed by atoms with E-state index in [1.807, 2.05) is 91.0 Å². The van der Waals surface area contributed by atoms with Crippen molar-refractivity contribution in [2.45, 2.75) is 6.92 Å². The van der Waals surface area contributed by atoms with Crippen molar-refractivity contribution in [2.75, 3.05) is 6.61 Å². The Morgan fingerprint density at radius 3 is 1.31 bits per heavy atom. The molecule has 0 atom stereocenters. The van der Waals surface area contributed by atoms with Crippen molar-refractivity contribution in [2.24, 2.45) is 0 Å². The maximum absolute atomic E-state index is 14.0. The van der Waals surface area contributed by atoms with E-state index < -0.39 is 13.2 Å². The fourth-order valence-corrected chi connectivity index (χ4v) is 9.62. The number of carbonyl (C=O) groups is 2. The molecular formula is C36H31ClNO3P. The zero-order valence-electron chi connectivity index (χ0n) is 23.2. The van der Waals surface area contributed by atoms with E-state index in [9.17, 15) is 9.59 Å². The maximum Gasteiger partial charge on any atom is 0.359 e. The number of benzene rings is 5. The fourth-order valence-electron chi connectivity index (χ4n) is 5.08. The van der Waals surface area contributed by atoms with Gasteiger partial charge in [0, 0.05) is 11.1 Å². The van der Waals surface area contributed by atoms with E-state index in [0.717, 1.165) is 26.8 Å². The fraction of sp³-hybridized carbons (Fsp3) is 0.0556. The van der Waals surface area contributed by atoms with E-state index >= 15 is 0 Å². The number of esters is 1. The minimum atomic E-state index is -2.80. The summed E-state index contributed by atoms with van der Waals surface area (Å²) in [5.41, 5.74) is 1.41. The van der Waals surface area contributed by atoms with Gasteiger partial charge in [0.2, 0.25) is 0 Å². The summed E-state index contributed by atoms with van der Waals surface area (Å²) in [7, 11) is -2.80. The topological polar surface area (TPSA) is 55.4 Å². The minimum absolute atomic E-state index is 0. The predicted octanol–water partition coefficient (Wildman–Crippen LogP) is 3.35. The number of amides is 1. The molecule has 1 amide bonds. The predicted molar refractivity (Wildman–Crippen MR) is 169 cm³/mol. The third kappa shape index (κ3) is 6.21. The van der Waals surface area contributed by atoms with Crippen molar-refractivity contribution >= 4 is 40.4 Å². The zero-order valence-corrected chi connectivity index (χ0v) is 24.8. The van der Waals surface area contributed by atoms with E-state index in [-0.39, 0.29) is 30.6 Å². The number of halogens is 1. The van der Waals surface area contributed by atoms with Crippen molar-refractivity contribution in [3.8, 4) is 0 Å². The van der Waals surface area contributed by atoms with Gasteiger partial charge in [-0.2, -0.15) is 0 Å². The van der Waals surface area contributed by atoms with Crippen LogP contribution in [0.15, 0.2) is 157 Å². The molecule has 0 heterocycles. The molecule has 0 aliphatic carbocycles. The average molecular weight is 592 g/mol. The first kappa shape index (κ1) is 30.5. The first-order valence-electron chi connectivity index (χ1n) is 13.6. The third-order valence-electron chi connectivity index (χ3n) is 6.80. The molecule has 0 bridgehead atoms. The third-order valence-corrected chi connectivity index (χ3v) is 11.2. The molecule has 0 fully saturated rings. The molecule has 0 radical (unpaired) electrons. The summed E-state index contributed by atoms with van der Waals surface area (Å²) < 4.78 is 5.65. The molecule has 0 aromatic heterocycles. The number of carbonyl (C=O) groups excluding carboxylic acids is 2. The Labute approximate surface area is 253 Å². The van der Waals surface area contributed by atoms with Gasteiger partial charge in [-0.25, -0.2) is 4.79 Å². The van der Waals surface area contributed by atoms with Crippen LogP contribution in [-0.2, 0) is 9.53 Å². The molecule has 5 aromatic rings. The standard InChI is InChI=1S/C36H30NO3P.ClH/c1-2-40-36(39)33(37-35(38)29-20-10-4-11-21-29)34(28-18-8-3-9-19-28)41(30-22-12-5-13-23-30,31-24-14-6-15-25-31)32-26-16-7-17-27-32;/h3-27H,2H2,1H3;1H. The lowest BCUT2D eigenvalue weighted by Crippen LogP contribution is -3.00. The normalized spacial score (nSPS) is 11.5. The smallest absolute Gasteiger partial charge is 0.359 e. The second-order valence-corrected chi connectivity index (χ2v) is 12.6. The van der Waals surface area contributed by atoms with Crippen molar-refractivity contribution in [1.29, 1.82) is 0 Å². The van der Waals surface area contributed by atoms with Gasteiger partial charge in [0.15, 0.2) is 5.70 Å². The SMILES string of the molecule is CCOC(=O)C(NC(=O)c1ccccc1)=C(c1ccccc1)[P+](c1ccccc1)(c1ccccc1)c1ccccc1.[Cl-]. The summed E-state index contributed by atoms with van der Waals surface area (Å²) in [6.45, 7) is 1.93. The monoisotopic (exact) mass is 591 g/mol. The van der Waals surface area contributed by atoms with Gasteiger partial charge in [0.1, 0.15) is 28.5 Å². The van der Waals surface area contributed by atoms with E-state index in [4.69, 9.17) is 4.74 Å². The highest BCUT2D eigenvalue weighted by molar-refractivity contribution is 8.03. The molecule has 0 aliphatic heterocycles. The van der Waals surface area contributed by atoms with Crippen LogP contribution in [0.1, 0.15) is 22.8 Å². The Bertz CT molecular complexity index is 1530. The van der Waals surface area contributed by atoms with E-state index in [2.05, 4.69) is 41.7 Å². The summed E-state index contributed by atoms with van der Waals surface area (Å²) in [5.74, 6) is -0.961. The van der Waals surface area contributed by atoms with Crippen LogP contribution < -0.4 is 33.6 Å². The summed E-state index contributed by atoms with van der Waals surface area (Å²) in [5, 5.41) is 6.90. The Hall–Kier alpha value is -4.50. The molecule has 4 nitrogen and oxygen atoms in total. The maximum atomic E-state index is 14.0. The Kier molecular flexibility index (Phi) is 10.4. The number of rotatable bonds is 9. The van der Waals surface area contributed by atoms with Gasteiger partial charge in [-0.05, 0) is 55.5 Å². The molecule has 5 rings (SSSR count). The molecule has 5 aromatic carbocycles. The molecule has 0 saturated heterocycles. The van der Waals surface area contributed by atoms with Crippen LogP contribution in [0.3, 0.4) is 0 Å². The van der Waals surface area contributed by atoms with Crippen LogP contribution in [-0.4, -0.2) is 18.5 Å². The molecule has 6 heteroatoms. The quantitative estimate of drug-likeness (QED) is 0.163. The van der Waals surface area contributed by atoms with Crippen LogP contribution >= 0.6 is 7.26 Å². The lowest BCUT2D eigenvalue weighted by atomic mass is 10.1. The second kappa shape index (κ2) is 14.4. The lowest BCUT2D eigenvalue weighted by Gasteiger charge is -2.31. The van der Waals surface area contributed by atoms with Crippen molar-refractivity contribution in [3.63, 3.8) is 0 Å². The minimum Gasteiger partial charge on any atom is -1.00 e. The molecule has 0 unspecified atom stereocenters. The Morgan fingerprint density at radius 2 is 0.929 bits per heavy atom. The summed E-state index contributed by atoms with van der Waals surface area (Å²) in [6, 6.07) is 49.5. The number of hydrogen-bond acceptors (Lipinski definition) is 3.